The van der Waals surface area contributed by atoms with Gasteiger partial charge in [0.2, 0.25) is 5.91 Å². The first-order chi connectivity index (χ1) is 12.1. The van der Waals surface area contributed by atoms with E-state index in [9.17, 15) is 9.59 Å². The van der Waals surface area contributed by atoms with Gasteiger partial charge in [-0.15, -0.1) is 0 Å². The van der Waals surface area contributed by atoms with Crippen molar-refractivity contribution in [2.75, 3.05) is 18.4 Å². The molecule has 3 heterocycles. The Morgan fingerprint density at radius 2 is 2.28 bits per heavy atom. The van der Waals surface area contributed by atoms with E-state index in [1.54, 1.807) is 23.2 Å². The smallest absolute Gasteiger partial charge is 0.257 e. The number of rotatable bonds is 4. The summed E-state index contributed by atoms with van der Waals surface area (Å²) in [6.45, 7) is 3.21. The topological polar surface area (TPSA) is 101 Å². The lowest BCUT2D eigenvalue weighted by molar-refractivity contribution is -0.121. The number of nitrogens with zero attached hydrogens (tertiary/aromatic N) is 2. The molecule has 2 aromatic rings. The molecular weight excluding hydrogens is 320 g/mol. The van der Waals surface area contributed by atoms with Crippen LogP contribution in [0.3, 0.4) is 0 Å². The minimum atomic E-state index is -0.248. The minimum absolute atomic E-state index is 0.108. The zero-order chi connectivity index (χ0) is 17.8. The van der Waals surface area contributed by atoms with E-state index in [1.807, 2.05) is 13.0 Å². The normalized spacial score (nSPS) is 17.4. The number of hydrogen-bond acceptors (Lipinski definition) is 5. The molecule has 25 heavy (non-hydrogen) atoms. The van der Waals surface area contributed by atoms with Crippen LogP contribution in [0.15, 0.2) is 35.1 Å². The van der Waals surface area contributed by atoms with E-state index in [1.165, 1.54) is 6.26 Å². The molecule has 3 N–H and O–H groups in total. The zero-order valence-corrected chi connectivity index (χ0v) is 14.2. The number of anilines is 1. The lowest BCUT2D eigenvalue weighted by atomic mass is 9.96. The van der Waals surface area contributed by atoms with Gasteiger partial charge in [0.15, 0.2) is 0 Å². The zero-order valence-electron chi connectivity index (χ0n) is 14.2. The number of nitrogens with one attached hydrogen (secondary N) is 1. The average molecular weight is 342 g/mol. The van der Waals surface area contributed by atoms with E-state index in [2.05, 4.69) is 10.3 Å². The van der Waals surface area contributed by atoms with Crippen molar-refractivity contribution >= 4 is 17.6 Å². The van der Waals surface area contributed by atoms with Crippen LogP contribution in [-0.4, -0.2) is 34.8 Å². The highest BCUT2D eigenvalue weighted by atomic mass is 16.3. The molecule has 132 valence electrons. The van der Waals surface area contributed by atoms with Gasteiger partial charge in [-0.3, -0.25) is 9.59 Å². The number of nitrogens with two attached hydrogens (primary N) is 1. The summed E-state index contributed by atoms with van der Waals surface area (Å²) in [6, 6.07) is 5.33. The molecule has 2 amide bonds. The molecule has 0 aromatic carbocycles. The number of piperidine rings is 1. The molecule has 2 aromatic heterocycles. The number of aromatic nitrogens is 1. The molecule has 7 nitrogen and oxygen atoms in total. The minimum Gasteiger partial charge on any atom is -0.467 e. The Kier molecular flexibility index (Phi) is 5.14. The molecule has 1 aliphatic rings. The Balaban J connectivity index is 1.62. The van der Waals surface area contributed by atoms with Gasteiger partial charge in [-0.05, 0) is 37.5 Å². The van der Waals surface area contributed by atoms with Crippen molar-refractivity contribution in [2.24, 2.45) is 11.7 Å². The average Bonchev–Trinajstić information content (AvgIpc) is 3.12. The summed E-state index contributed by atoms with van der Waals surface area (Å²) in [5.74, 6) is 0.612. The van der Waals surface area contributed by atoms with Crippen molar-refractivity contribution in [1.29, 1.82) is 0 Å². The molecule has 1 aliphatic heterocycles. The van der Waals surface area contributed by atoms with Crippen LogP contribution in [-0.2, 0) is 11.3 Å². The van der Waals surface area contributed by atoms with E-state index in [-0.39, 0.29) is 24.3 Å². The Hall–Kier alpha value is -2.67. The monoisotopic (exact) mass is 342 g/mol. The summed E-state index contributed by atoms with van der Waals surface area (Å²) in [5, 5.41) is 2.83. The molecule has 0 spiro atoms. The number of likely N-dealkylation sites (tertiary alicyclic amines) is 1. The number of amides is 2. The number of carbonyl (C=O) groups is 2. The number of hydrogen-bond donors (Lipinski definition) is 2. The van der Waals surface area contributed by atoms with Crippen LogP contribution in [0.5, 0.6) is 0 Å². The molecule has 1 unspecified atom stereocenters. The predicted octanol–water partition coefficient (Wildman–Crippen LogP) is 1.93. The fourth-order valence-corrected chi connectivity index (χ4v) is 2.93. The van der Waals surface area contributed by atoms with Crippen LogP contribution < -0.4 is 11.1 Å². The van der Waals surface area contributed by atoms with Gasteiger partial charge in [0.05, 0.1) is 18.0 Å². The highest BCUT2D eigenvalue weighted by Gasteiger charge is 2.29. The lowest BCUT2D eigenvalue weighted by Gasteiger charge is -2.31. The van der Waals surface area contributed by atoms with Crippen molar-refractivity contribution in [3.63, 3.8) is 0 Å². The first-order valence-corrected chi connectivity index (χ1v) is 8.37. The number of furan rings is 1. The van der Waals surface area contributed by atoms with Gasteiger partial charge >= 0.3 is 0 Å². The van der Waals surface area contributed by atoms with E-state index < -0.39 is 0 Å². The summed E-state index contributed by atoms with van der Waals surface area (Å²) in [5.41, 5.74) is 7.01. The number of carbonyl (C=O) groups excluding carboxylic acids is 2. The maximum Gasteiger partial charge on any atom is 0.257 e. The van der Waals surface area contributed by atoms with Gasteiger partial charge in [-0.25, -0.2) is 4.98 Å². The summed E-state index contributed by atoms with van der Waals surface area (Å²) in [6.07, 6.45) is 4.67. The van der Waals surface area contributed by atoms with Crippen LogP contribution in [0.1, 0.15) is 34.5 Å². The molecule has 0 bridgehead atoms. The lowest BCUT2D eigenvalue weighted by Crippen LogP contribution is -2.43. The van der Waals surface area contributed by atoms with Crippen LogP contribution in [0, 0.1) is 12.8 Å². The highest BCUT2D eigenvalue weighted by Crippen LogP contribution is 2.21. The molecule has 0 saturated carbocycles. The summed E-state index contributed by atoms with van der Waals surface area (Å²) in [4.78, 5) is 30.9. The largest absolute Gasteiger partial charge is 0.467 e. The number of pyridine rings is 1. The molecule has 7 heteroatoms. The molecule has 1 atom stereocenters. The molecule has 0 aliphatic carbocycles. The SMILES string of the molecule is Cc1ccc(NC(=O)C2CCCN(C(=O)c3coc(CN)c3)C2)nc1. The van der Waals surface area contributed by atoms with Gasteiger partial charge in [0.1, 0.15) is 17.8 Å². The first kappa shape index (κ1) is 17.2. The van der Waals surface area contributed by atoms with Gasteiger partial charge in [-0.1, -0.05) is 6.07 Å². The Morgan fingerprint density at radius 1 is 1.44 bits per heavy atom. The third kappa shape index (κ3) is 4.06. The maximum atomic E-state index is 12.6. The Labute approximate surface area is 146 Å². The number of aryl methyl sites for hydroxylation is 1. The summed E-state index contributed by atoms with van der Waals surface area (Å²) in [7, 11) is 0. The van der Waals surface area contributed by atoms with Gasteiger partial charge in [0.25, 0.3) is 5.91 Å². The first-order valence-electron chi connectivity index (χ1n) is 8.37. The van der Waals surface area contributed by atoms with Crippen LogP contribution in [0.2, 0.25) is 0 Å². The molecule has 1 fully saturated rings. The van der Waals surface area contributed by atoms with Crippen molar-refractivity contribution in [1.82, 2.24) is 9.88 Å². The standard InChI is InChI=1S/C18H22N4O3/c1-12-4-5-16(20-9-12)21-17(23)13-3-2-6-22(10-13)18(24)14-7-15(8-19)25-11-14/h4-5,7,9,11,13H,2-3,6,8,10,19H2,1H3,(H,20,21,23). The summed E-state index contributed by atoms with van der Waals surface area (Å²) < 4.78 is 5.23. The van der Waals surface area contributed by atoms with E-state index in [0.717, 1.165) is 18.4 Å². The second kappa shape index (κ2) is 7.48. The van der Waals surface area contributed by atoms with Crippen LogP contribution in [0.25, 0.3) is 0 Å². The van der Waals surface area contributed by atoms with Crippen LogP contribution in [0.4, 0.5) is 5.82 Å². The van der Waals surface area contributed by atoms with Crippen molar-refractivity contribution in [2.45, 2.75) is 26.3 Å². The fraction of sp³-hybridized carbons (Fsp3) is 0.389. The van der Waals surface area contributed by atoms with Crippen molar-refractivity contribution < 1.29 is 14.0 Å². The second-order valence-corrected chi connectivity index (χ2v) is 6.31. The van der Waals surface area contributed by atoms with Crippen molar-refractivity contribution in [3.8, 4) is 0 Å². The molecule has 1 saturated heterocycles. The fourth-order valence-electron chi connectivity index (χ4n) is 2.93. The molecule has 0 radical (unpaired) electrons. The van der Waals surface area contributed by atoms with E-state index in [0.29, 0.717) is 30.2 Å². The maximum absolute atomic E-state index is 12.6. The molecular formula is C18H22N4O3. The predicted molar refractivity (Wildman–Crippen MR) is 92.8 cm³/mol. The van der Waals surface area contributed by atoms with Crippen molar-refractivity contribution in [3.05, 3.63) is 47.5 Å². The quantitative estimate of drug-likeness (QED) is 0.884. The van der Waals surface area contributed by atoms with E-state index >= 15 is 0 Å². The second-order valence-electron chi connectivity index (χ2n) is 6.31. The Bertz CT molecular complexity index is 754. The summed E-state index contributed by atoms with van der Waals surface area (Å²) >= 11 is 0. The highest BCUT2D eigenvalue weighted by molar-refractivity contribution is 5.96. The van der Waals surface area contributed by atoms with E-state index in [4.69, 9.17) is 10.2 Å². The Morgan fingerprint density at radius 3 is 2.96 bits per heavy atom. The third-order valence-corrected chi connectivity index (χ3v) is 4.34. The van der Waals surface area contributed by atoms with Gasteiger partial charge in [0, 0.05) is 19.3 Å². The molecule has 3 rings (SSSR count). The van der Waals surface area contributed by atoms with Gasteiger partial charge < -0.3 is 20.4 Å². The van der Waals surface area contributed by atoms with Gasteiger partial charge in [-0.2, -0.15) is 0 Å². The third-order valence-electron chi connectivity index (χ3n) is 4.34. The van der Waals surface area contributed by atoms with Crippen LogP contribution >= 0.6 is 0 Å².